The average Bonchev–Trinajstić information content (AvgIpc) is 2.89. The zero-order valence-corrected chi connectivity index (χ0v) is 11.7. The van der Waals surface area contributed by atoms with E-state index in [-0.39, 0.29) is 18.8 Å². The molecule has 2 aliphatic heterocycles. The first kappa shape index (κ1) is 13.2. The number of hydrogen-bond donors (Lipinski definition) is 0. The van der Waals surface area contributed by atoms with Crippen LogP contribution >= 0.6 is 0 Å². The lowest BCUT2D eigenvalue weighted by Crippen LogP contribution is -2.48. The standard InChI is InChI=1S/C13H21BN2O3/c1-13(2)8-18-14(19-9-13)11-7-16(10-15-11)12-5-3-4-6-17-12/h7,10,12H,3-6,8-9H2,1-2H3. The fourth-order valence-corrected chi connectivity index (χ4v) is 2.45. The molecule has 0 bridgehead atoms. The van der Waals surface area contributed by atoms with Crippen LogP contribution in [-0.4, -0.2) is 36.5 Å². The first-order chi connectivity index (χ1) is 9.14. The van der Waals surface area contributed by atoms with Gasteiger partial charge in [-0.05, 0) is 19.3 Å². The molecule has 1 aromatic heterocycles. The molecule has 2 saturated heterocycles. The summed E-state index contributed by atoms with van der Waals surface area (Å²) in [5, 5.41) is 0. The lowest BCUT2D eigenvalue weighted by atomic mass is 9.80. The van der Waals surface area contributed by atoms with Gasteiger partial charge in [-0.3, -0.25) is 0 Å². The number of ether oxygens (including phenoxy) is 1. The first-order valence-electron chi connectivity index (χ1n) is 7.02. The third-order valence-corrected chi connectivity index (χ3v) is 3.60. The van der Waals surface area contributed by atoms with Crippen LogP contribution in [0.4, 0.5) is 0 Å². The molecule has 104 valence electrons. The van der Waals surface area contributed by atoms with E-state index in [9.17, 15) is 0 Å². The molecule has 5 nitrogen and oxygen atoms in total. The summed E-state index contributed by atoms with van der Waals surface area (Å²) in [4.78, 5) is 4.40. The van der Waals surface area contributed by atoms with Crippen molar-refractivity contribution in [2.45, 2.75) is 39.3 Å². The largest absolute Gasteiger partial charge is 0.515 e. The van der Waals surface area contributed by atoms with Crippen LogP contribution in [0.25, 0.3) is 0 Å². The summed E-state index contributed by atoms with van der Waals surface area (Å²) >= 11 is 0. The molecule has 6 heteroatoms. The van der Waals surface area contributed by atoms with Gasteiger partial charge in [0.2, 0.25) is 0 Å². The molecule has 2 fully saturated rings. The lowest BCUT2D eigenvalue weighted by molar-refractivity contribution is -0.0320. The van der Waals surface area contributed by atoms with Gasteiger partial charge in [-0.15, -0.1) is 0 Å². The van der Waals surface area contributed by atoms with Crippen molar-refractivity contribution in [3.63, 3.8) is 0 Å². The molecular weight excluding hydrogens is 243 g/mol. The monoisotopic (exact) mass is 264 g/mol. The predicted molar refractivity (Wildman–Crippen MR) is 72.1 cm³/mol. The predicted octanol–water partition coefficient (Wildman–Crippen LogP) is 1.35. The molecule has 0 radical (unpaired) electrons. The summed E-state index contributed by atoms with van der Waals surface area (Å²) < 4.78 is 19.2. The lowest BCUT2D eigenvalue weighted by Gasteiger charge is -2.32. The van der Waals surface area contributed by atoms with Crippen LogP contribution < -0.4 is 5.59 Å². The molecular formula is C13H21BN2O3. The number of nitrogens with zero attached hydrogens (tertiary/aromatic N) is 2. The molecule has 0 aromatic carbocycles. The Bertz CT molecular complexity index is 419. The molecule has 0 spiro atoms. The summed E-state index contributed by atoms with van der Waals surface area (Å²) in [5.41, 5.74) is 0.926. The maximum atomic E-state index is 5.74. The van der Waals surface area contributed by atoms with Gasteiger partial charge in [-0.25, -0.2) is 4.98 Å². The van der Waals surface area contributed by atoms with Gasteiger partial charge in [0.1, 0.15) is 6.23 Å². The van der Waals surface area contributed by atoms with Crippen molar-refractivity contribution in [1.29, 1.82) is 0 Å². The molecule has 1 aromatic rings. The SMILES string of the molecule is CC1(C)COB(c2cn(C3CCCCO3)cn2)OC1. The van der Waals surface area contributed by atoms with E-state index >= 15 is 0 Å². The smallest absolute Gasteiger partial charge is 0.406 e. The number of aromatic nitrogens is 2. The molecule has 0 amide bonds. The summed E-state index contributed by atoms with van der Waals surface area (Å²) in [5.74, 6) is 0. The van der Waals surface area contributed by atoms with Crippen LogP contribution in [0, 0.1) is 5.41 Å². The van der Waals surface area contributed by atoms with Gasteiger partial charge in [0, 0.05) is 31.4 Å². The second kappa shape index (κ2) is 5.27. The fraction of sp³-hybridized carbons (Fsp3) is 0.769. The quantitative estimate of drug-likeness (QED) is 0.756. The van der Waals surface area contributed by atoms with Crippen molar-refractivity contribution in [2.75, 3.05) is 19.8 Å². The van der Waals surface area contributed by atoms with Crippen molar-refractivity contribution < 1.29 is 14.0 Å². The third kappa shape index (κ3) is 3.01. The molecule has 0 aliphatic carbocycles. The Morgan fingerprint density at radius 1 is 1.32 bits per heavy atom. The van der Waals surface area contributed by atoms with Crippen molar-refractivity contribution in [2.24, 2.45) is 5.41 Å². The minimum atomic E-state index is -0.335. The maximum Gasteiger partial charge on any atom is 0.515 e. The summed E-state index contributed by atoms with van der Waals surface area (Å²) in [6.45, 7) is 6.51. The van der Waals surface area contributed by atoms with Crippen LogP contribution in [0.15, 0.2) is 12.5 Å². The Hall–Kier alpha value is -0.845. The van der Waals surface area contributed by atoms with E-state index in [2.05, 4.69) is 18.8 Å². The van der Waals surface area contributed by atoms with Crippen LogP contribution in [0.2, 0.25) is 0 Å². The molecule has 0 saturated carbocycles. The van der Waals surface area contributed by atoms with Crippen LogP contribution in [0.3, 0.4) is 0 Å². The van der Waals surface area contributed by atoms with Crippen molar-refractivity contribution in [3.05, 3.63) is 12.5 Å². The van der Waals surface area contributed by atoms with E-state index in [4.69, 9.17) is 14.0 Å². The molecule has 2 aliphatic rings. The highest BCUT2D eigenvalue weighted by Crippen LogP contribution is 2.23. The van der Waals surface area contributed by atoms with Gasteiger partial charge < -0.3 is 18.6 Å². The van der Waals surface area contributed by atoms with Crippen molar-refractivity contribution >= 4 is 12.7 Å². The topological polar surface area (TPSA) is 45.5 Å². The molecule has 19 heavy (non-hydrogen) atoms. The number of imidazole rings is 1. The van der Waals surface area contributed by atoms with Crippen LogP contribution in [-0.2, 0) is 14.0 Å². The van der Waals surface area contributed by atoms with E-state index in [0.29, 0.717) is 13.2 Å². The van der Waals surface area contributed by atoms with Gasteiger partial charge in [-0.2, -0.15) is 0 Å². The highest BCUT2D eigenvalue weighted by atomic mass is 16.6. The van der Waals surface area contributed by atoms with E-state index in [1.54, 1.807) is 0 Å². The van der Waals surface area contributed by atoms with E-state index in [1.807, 2.05) is 17.1 Å². The highest BCUT2D eigenvalue weighted by molar-refractivity contribution is 6.60. The van der Waals surface area contributed by atoms with Gasteiger partial charge >= 0.3 is 7.12 Å². The van der Waals surface area contributed by atoms with E-state index in [1.165, 1.54) is 6.42 Å². The van der Waals surface area contributed by atoms with Gasteiger partial charge in [-0.1, -0.05) is 13.8 Å². The molecule has 3 rings (SSSR count). The highest BCUT2D eigenvalue weighted by Gasteiger charge is 2.35. The summed E-state index contributed by atoms with van der Waals surface area (Å²) in [6.07, 6.45) is 7.34. The molecule has 1 unspecified atom stereocenters. The molecule has 0 N–H and O–H groups in total. The van der Waals surface area contributed by atoms with Crippen molar-refractivity contribution in [1.82, 2.24) is 9.55 Å². The van der Waals surface area contributed by atoms with Crippen LogP contribution in [0.5, 0.6) is 0 Å². The Kier molecular flexibility index (Phi) is 3.65. The fourth-order valence-electron chi connectivity index (χ4n) is 2.45. The Balaban J connectivity index is 1.64. The zero-order valence-electron chi connectivity index (χ0n) is 11.7. The normalized spacial score (nSPS) is 27.5. The summed E-state index contributed by atoms with van der Waals surface area (Å²) in [7, 11) is -0.335. The second-order valence-corrected chi connectivity index (χ2v) is 6.19. The van der Waals surface area contributed by atoms with Gasteiger partial charge in [0.05, 0.1) is 11.9 Å². The number of hydrogen-bond acceptors (Lipinski definition) is 4. The van der Waals surface area contributed by atoms with Crippen molar-refractivity contribution in [3.8, 4) is 0 Å². The van der Waals surface area contributed by atoms with E-state index in [0.717, 1.165) is 25.0 Å². The third-order valence-electron chi connectivity index (χ3n) is 3.60. The second-order valence-electron chi connectivity index (χ2n) is 6.19. The van der Waals surface area contributed by atoms with E-state index < -0.39 is 0 Å². The van der Waals surface area contributed by atoms with Gasteiger partial charge in [0.15, 0.2) is 0 Å². The number of rotatable bonds is 2. The Labute approximate surface area is 114 Å². The first-order valence-corrected chi connectivity index (χ1v) is 7.02. The Morgan fingerprint density at radius 3 is 2.79 bits per heavy atom. The zero-order chi connectivity index (χ0) is 13.3. The molecule has 1 atom stereocenters. The Morgan fingerprint density at radius 2 is 2.11 bits per heavy atom. The maximum absolute atomic E-state index is 5.74. The molecule has 3 heterocycles. The van der Waals surface area contributed by atoms with Gasteiger partial charge in [0.25, 0.3) is 0 Å². The van der Waals surface area contributed by atoms with Crippen LogP contribution in [0.1, 0.15) is 39.3 Å². The average molecular weight is 264 g/mol. The minimum absolute atomic E-state index is 0.0888. The summed E-state index contributed by atoms with van der Waals surface area (Å²) in [6, 6.07) is 0. The minimum Gasteiger partial charge on any atom is -0.406 e.